The number of alkyl halides is 3. The standard InChI is InChI=1S/C28H26F3N5O3/c29-28(30,31)21-3-1-2-20(16-21)27(38)33-22-7-4-18(5-8-22)19-6-9-23-24(17-19)36(34-25(23)26(32)37)11-10-35-12-14-39-15-13-35/h1-9,16-17H,10-15H2,(H2,32,37)(H,33,38). The quantitative estimate of drug-likeness (QED) is 0.364. The van der Waals surface area contributed by atoms with Crippen LogP contribution < -0.4 is 11.1 Å². The lowest BCUT2D eigenvalue weighted by Gasteiger charge is -2.26. The number of ether oxygens (including phenoxy) is 1. The van der Waals surface area contributed by atoms with Crippen molar-refractivity contribution in [1.29, 1.82) is 0 Å². The van der Waals surface area contributed by atoms with Crippen LogP contribution in [0.5, 0.6) is 0 Å². The molecule has 0 bridgehead atoms. The number of hydrogen-bond acceptors (Lipinski definition) is 5. The molecule has 1 aliphatic rings. The molecule has 4 aromatic rings. The highest BCUT2D eigenvalue weighted by molar-refractivity contribution is 6.05. The molecule has 0 radical (unpaired) electrons. The van der Waals surface area contributed by atoms with Gasteiger partial charge in [0.1, 0.15) is 0 Å². The molecule has 0 saturated carbocycles. The van der Waals surface area contributed by atoms with Crippen LogP contribution in [-0.2, 0) is 17.5 Å². The van der Waals surface area contributed by atoms with E-state index >= 15 is 0 Å². The Hall–Kier alpha value is -4.22. The maximum atomic E-state index is 13.0. The third-order valence-electron chi connectivity index (χ3n) is 6.64. The van der Waals surface area contributed by atoms with Crippen LogP contribution in [0.15, 0.2) is 66.7 Å². The molecular weight excluding hydrogens is 511 g/mol. The predicted molar refractivity (Wildman–Crippen MR) is 140 cm³/mol. The molecule has 1 aliphatic heterocycles. The first-order valence-electron chi connectivity index (χ1n) is 12.4. The number of nitrogens with one attached hydrogen (secondary N) is 1. The lowest BCUT2D eigenvalue weighted by molar-refractivity contribution is -0.137. The van der Waals surface area contributed by atoms with Gasteiger partial charge in [0.05, 0.1) is 30.8 Å². The van der Waals surface area contributed by atoms with Crippen molar-refractivity contribution >= 4 is 28.4 Å². The van der Waals surface area contributed by atoms with Crippen LogP contribution in [0.3, 0.4) is 0 Å². The summed E-state index contributed by atoms with van der Waals surface area (Å²) in [5.74, 6) is -1.24. The molecule has 0 spiro atoms. The number of halogens is 3. The van der Waals surface area contributed by atoms with E-state index in [1.165, 1.54) is 12.1 Å². The summed E-state index contributed by atoms with van der Waals surface area (Å²) in [5.41, 5.74) is 7.74. The average molecular weight is 538 g/mol. The average Bonchev–Trinajstić information content (AvgIpc) is 3.31. The van der Waals surface area contributed by atoms with Crippen molar-refractivity contribution in [2.45, 2.75) is 12.7 Å². The van der Waals surface area contributed by atoms with Gasteiger partial charge in [0.15, 0.2) is 5.69 Å². The molecule has 1 aromatic heterocycles. The monoisotopic (exact) mass is 537 g/mol. The lowest BCUT2D eigenvalue weighted by Crippen LogP contribution is -2.38. The number of aromatic nitrogens is 2. The van der Waals surface area contributed by atoms with E-state index in [1.807, 2.05) is 18.2 Å². The Balaban J connectivity index is 1.35. The Bertz CT molecular complexity index is 1510. The molecule has 39 heavy (non-hydrogen) atoms. The molecule has 1 saturated heterocycles. The molecule has 0 aliphatic carbocycles. The molecule has 0 atom stereocenters. The molecule has 2 heterocycles. The van der Waals surface area contributed by atoms with Crippen LogP contribution in [0.2, 0.25) is 0 Å². The second kappa shape index (κ2) is 10.9. The van der Waals surface area contributed by atoms with Gasteiger partial charge in [-0.25, -0.2) is 0 Å². The van der Waals surface area contributed by atoms with Gasteiger partial charge in [0, 0.05) is 36.3 Å². The Morgan fingerprint density at radius 1 is 0.949 bits per heavy atom. The summed E-state index contributed by atoms with van der Waals surface area (Å²) in [6.45, 7) is 4.38. The Kier molecular flexibility index (Phi) is 7.36. The number of nitrogens with two attached hydrogens (primary N) is 1. The summed E-state index contributed by atoms with van der Waals surface area (Å²) in [4.78, 5) is 26.8. The zero-order valence-electron chi connectivity index (χ0n) is 20.9. The van der Waals surface area contributed by atoms with E-state index in [-0.39, 0.29) is 11.3 Å². The molecule has 3 N–H and O–H groups in total. The Labute approximate surface area is 222 Å². The van der Waals surface area contributed by atoms with Crippen molar-refractivity contribution in [3.63, 3.8) is 0 Å². The van der Waals surface area contributed by atoms with Gasteiger partial charge in [-0.2, -0.15) is 18.3 Å². The smallest absolute Gasteiger partial charge is 0.379 e. The highest BCUT2D eigenvalue weighted by Crippen LogP contribution is 2.30. The number of rotatable bonds is 7. The van der Waals surface area contributed by atoms with Gasteiger partial charge >= 0.3 is 6.18 Å². The number of hydrogen-bond donors (Lipinski definition) is 2. The second-order valence-electron chi connectivity index (χ2n) is 9.23. The number of amides is 2. The normalized spacial score (nSPS) is 14.4. The van der Waals surface area contributed by atoms with Crippen molar-refractivity contribution in [2.75, 3.05) is 38.2 Å². The molecule has 3 aromatic carbocycles. The third-order valence-corrected chi connectivity index (χ3v) is 6.64. The van der Waals surface area contributed by atoms with Crippen LogP contribution in [-0.4, -0.2) is 59.3 Å². The van der Waals surface area contributed by atoms with Crippen molar-refractivity contribution in [3.05, 3.63) is 83.6 Å². The zero-order valence-corrected chi connectivity index (χ0v) is 20.9. The van der Waals surface area contributed by atoms with Gasteiger partial charge in [-0.3, -0.25) is 19.2 Å². The largest absolute Gasteiger partial charge is 0.416 e. The number of morpholine rings is 1. The number of primary amides is 1. The van der Waals surface area contributed by atoms with Crippen molar-refractivity contribution < 1.29 is 27.5 Å². The fourth-order valence-corrected chi connectivity index (χ4v) is 4.55. The first kappa shape index (κ1) is 26.4. The summed E-state index contributed by atoms with van der Waals surface area (Å²) < 4.78 is 46.2. The maximum absolute atomic E-state index is 13.0. The van der Waals surface area contributed by atoms with Gasteiger partial charge in [0.25, 0.3) is 11.8 Å². The highest BCUT2D eigenvalue weighted by Gasteiger charge is 2.31. The van der Waals surface area contributed by atoms with E-state index < -0.39 is 23.6 Å². The lowest BCUT2D eigenvalue weighted by atomic mass is 10.0. The van der Waals surface area contributed by atoms with E-state index in [1.54, 1.807) is 28.9 Å². The van der Waals surface area contributed by atoms with E-state index in [9.17, 15) is 22.8 Å². The van der Waals surface area contributed by atoms with Gasteiger partial charge in [-0.05, 0) is 53.6 Å². The van der Waals surface area contributed by atoms with E-state index in [0.29, 0.717) is 30.8 Å². The third kappa shape index (κ3) is 5.94. The fraction of sp³-hybridized carbons (Fsp3) is 0.250. The molecule has 11 heteroatoms. The van der Waals surface area contributed by atoms with E-state index in [2.05, 4.69) is 15.3 Å². The summed E-state index contributed by atoms with van der Waals surface area (Å²) in [6.07, 6.45) is -4.53. The number of anilines is 1. The number of carbonyl (C=O) groups is 2. The number of nitrogens with zero attached hydrogens (tertiary/aromatic N) is 3. The molecule has 2 amide bonds. The predicted octanol–water partition coefficient (Wildman–Crippen LogP) is 4.41. The summed E-state index contributed by atoms with van der Waals surface area (Å²) in [7, 11) is 0. The molecular formula is C28H26F3N5O3. The van der Waals surface area contributed by atoms with Gasteiger partial charge in [-0.1, -0.05) is 24.3 Å². The van der Waals surface area contributed by atoms with Crippen LogP contribution in [0, 0.1) is 0 Å². The minimum absolute atomic E-state index is 0.0880. The zero-order chi connectivity index (χ0) is 27.6. The first-order chi connectivity index (χ1) is 18.7. The number of carbonyl (C=O) groups excluding carboxylic acids is 2. The molecule has 8 nitrogen and oxygen atoms in total. The molecule has 5 rings (SSSR count). The second-order valence-corrected chi connectivity index (χ2v) is 9.23. The number of benzene rings is 3. The fourth-order valence-electron chi connectivity index (χ4n) is 4.55. The first-order valence-corrected chi connectivity index (χ1v) is 12.4. The van der Waals surface area contributed by atoms with Crippen LogP contribution in [0.25, 0.3) is 22.0 Å². The van der Waals surface area contributed by atoms with Crippen molar-refractivity contribution in [3.8, 4) is 11.1 Å². The highest BCUT2D eigenvalue weighted by atomic mass is 19.4. The SMILES string of the molecule is NC(=O)c1nn(CCN2CCOCC2)c2cc(-c3ccc(NC(=O)c4cccc(C(F)(F)F)c4)cc3)ccc12. The van der Waals surface area contributed by atoms with Crippen molar-refractivity contribution in [2.24, 2.45) is 5.73 Å². The maximum Gasteiger partial charge on any atom is 0.416 e. The van der Waals surface area contributed by atoms with Crippen LogP contribution in [0.1, 0.15) is 26.4 Å². The Morgan fingerprint density at radius 3 is 2.36 bits per heavy atom. The van der Waals surface area contributed by atoms with Gasteiger partial charge < -0.3 is 15.8 Å². The minimum Gasteiger partial charge on any atom is -0.379 e. The number of fused-ring (bicyclic) bond motifs is 1. The topological polar surface area (TPSA) is 102 Å². The molecule has 0 unspecified atom stereocenters. The Morgan fingerprint density at radius 2 is 1.67 bits per heavy atom. The van der Waals surface area contributed by atoms with Gasteiger partial charge in [0.2, 0.25) is 0 Å². The summed E-state index contributed by atoms with van der Waals surface area (Å²) in [6, 6.07) is 16.8. The minimum atomic E-state index is -4.53. The van der Waals surface area contributed by atoms with Gasteiger partial charge in [-0.15, -0.1) is 0 Å². The van der Waals surface area contributed by atoms with Crippen molar-refractivity contribution in [1.82, 2.24) is 14.7 Å². The van der Waals surface area contributed by atoms with E-state index in [4.69, 9.17) is 10.5 Å². The van der Waals surface area contributed by atoms with Crippen LogP contribution in [0.4, 0.5) is 18.9 Å². The molecule has 1 fully saturated rings. The molecule has 202 valence electrons. The summed E-state index contributed by atoms with van der Waals surface area (Å²) in [5, 5.41) is 7.77. The van der Waals surface area contributed by atoms with E-state index in [0.717, 1.165) is 48.4 Å². The van der Waals surface area contributed by atoms with Crippen LogP contribution >= 0.6 is 0 Å². The summed E-state index contributed by atoms with van der Waals surface area (Å²) >= 11 is 0.